The molecule has 1 N–H and O–H groups in total. The number of aromatic nitrogens is 1. The minimum Gasteiger partial charge on any atom is -0.448 e. The Hall–Kier alpha value is -2.31. The van der Waals surface area contributed by atoms with Crippen LogP contribution in [0.4, 0.5) is 4.79 Å². The third kappa shape index (κ3) is 4.57. The molecule has 5 nitrogen and oxygen atoms in total. The van der Waals surface area contributed by atoms with E-state index in [0.29, 0.717) is 31.4 Å². The zero-order valence-corrected chi connectivity index (χ0v) is 19.6. The maximum absolute atomic E-state index is 12.9. The highest BCUT2D eigenvalue weighted by molar-refractivity contribution is 6.30. The summed E-state index contributed by atoms with van der Waals surface area (Å²) >= 11 is 6.24. The van der Waals surface area contributed by atoms with Crippen LogP contribution in [0, 0.1) is 0 Å². The van der Waals surface area contributed by atoms with Gasteiger partial charge < -0.3 is 15.0 Å². The first kappa shape index (κ1) is 24.3. The van der Waals surface area contributed by atoms with Gasteiger partial charge in [-0.15, -0.1) is 24.8 Å². The topological polar surface area (TPSA) is 54.5 Å². The Morgan fingerprint density at radius 1 is 1.00 bits per heavy atom. The molecule has 1 fully saturated rings. The van der Waals surface area contributed by atoms with Gasteiger partial charge in [0.1, 0.15) is 11.8 Å². The normalized spacial score (nSPS) is 16.9. The van der Waals surface area contributed by atoms with Crippen molar-refractivity contribution in [3.8, 4) is 11.1 Å². The summed E-state index contributed by atoms with van der Waals surface area (Å²) in [4.78, 5) is 18.8. The van der Waals surface area contributed by atoms with Crippen molar-refractivity contribution in [2.24, 2.45) is 0 Å². The third-order valence-corrected chi connectivity index (χ3v) is 6.25. The van der Waals surface area contributed by atoms with E-state index in [1.807, 2.05) is 24.3 Å². The van der Waals surface area contributed by atoms with Crippen LogP contribution in [0.2, 0.25) is 5.15 Å². The lowest BCUT2D eigenvalue weighted by Gasteiger charge is -2.33. The van der Waals surface area contributed by atoms with Crippen molar-refractivity contribution in [2.45, 2.75) is 12.0 Å². The SMILES string of the molecule is Cl.Cl.O=C(OCC1c2ccccc2-c2ccccc21)N1CCNC(c2cccnc2Cl)C1. The Labute approximate surface area is 205 Å². The molecule has 1 unspecified atom stereocenters. The Bertz CT molecular complexity index is 1050. The monoisotopic (exact) mass is 491 g/mol. The van der Waals surface area contributed by atoms with Crippen LogP contribution in [0.15, 0.2) is 66.9 Å². The van der Waals surface area contributed by atoms with Gasteiger partial charge >= 0.3 is 6.09 Å². The van der Waals surface area contributed by atoms with Crippen molar-refractivity contribution < 1.29 is 9.53 Å². The summed E-state index contributed by atoms with van der Waals surface area (Å²) in [6, 6.07) is 20.4. The van der Waals surface area contributed by atoms with Crippen LogP contribution >= 0.6 is 36.4 Å². The van der Waals surface area contributed by atoms with Crippen molar-refractivity contribution in [3.05, 3.63) is 88.7 Å². The molecule has 5 rings (SSSR count). The van der Waals surface area contributed by atoms with Crippen LogP contribution < -0.4 is 5.32 Å². The van der Waals surface area contributed by atoms with Gasteiger partial charge in [-0.25, -0.2) is 9.78 Å². The maximum atomic E-state index is 12.9. The van der Waals surface area contributed by atoms with Gasteiger partial charge in [-0.2, -0.15) is 0 Å². The number of rotatable bonds is 3. The molecule has 1 aliphatic heterocycles. The number of ether oxygens (including phenoxy) is 1. The van der Waals surface area contributed by atoms with Gasteiger partial charge in [-0.3, -0.25) is 0 Å². The molecule has 0 bridgehead atoms. The fraction of sp³-hybridized carbons (Fsp3) is 0.250. The van der Waals surface area contributed by atoms with E-state index in [2.05, 4.69) is 46.7 Å². The molecule has 3 aromatic rings. The standard InChI is InChI=1S/C24H22ClN3O2.2ClH/c25-23-20(10-5-11-27-23)22-14-28(13-12-26-22)24(29)30-15-21-18-8-3-1-6-16(18)17-7-2-4-9-19(17)21;;/h1-11,21-22,26H,12-15H2;2*1H. The quantitative estimate of drug-likeness (QED) is 0.492. The van der Waals surface area contributed by atoms with Crippen LogP contribution in [0.25, 0.3) is 11.1 Å². The van der Waals surface area contributed by atoms with E-state index in [-0.39, 0.29) is 42.9 Å². The van der Waals surface area contributed by atoms with E-state index in [4.69, 9.17) is 16.3 Å². The fourth-order valence-electron chi connectivity index (χ4n) is 4.47. The fourth-order valence-corrected chi connectivity index (χ4v) is 4.72. The molecule has 1 amide bonds. The number of carbonyl (C=O) groups excluding carboxylic acids is 1. The second kappa shape index (κ2) is 10.5. The molecule has 2 aromatic carbocycles. The van der Waals surface area contributed by atoms with Gasteiger partial charge in [0.25, 0.3) is 0 Å². The lowest BCUT2D eigenvalue weighted by molar-refractivity contribution is 0.0883. The number of benzene rings is 2. The van der Waals surface area contributed by atoms with Crippen LogP contribution in [-0.2, 0) is 4.74 Å². The molecule has 0 saturated carbocycles. The predicted octanol–water partition coefficient (Wildman–Crippen LogP) is 5.47. The van der Waals surface area contributed by atoms with Gasteiger partial charge in [0.2, 0.25) is 0 Å². The minimum absolute atomic E-state index is 0. The molecule has 0 radical (unpaired) electrons. The summed E-state index contributed by atoms with van der Waals surface area (Å²) in [5.74, 6) is 0.0628. The molecule has 168 valence electrons. The first-order chi connectivity index (χ1) is 14.7. The Kier molecular flexibility index (Phi) is 8.01. The highest BCUT2D eigenvalue weighted by Gasteiger charge is 2.31. The Balaban J connectivity index is 0.00000144. The maximum Gasteiger partial charge on any atom is 0.409 e. The number of fused-ring (bicyclic) bond motifs is 3. The van der Waals surface area contributed by atoms with E-state index in [1.54, 1.807) is 11.1 Å². The zero-order chi connectivity index (χ0) is 20.5. The molecule has 8 heteroatoms. The van der Waals surface area contributed by atoms with Gasteiger partial charge in [0.15, 0.2) is 0 Å². The van der Waals surface area contributed by atoms with Crippen molar-refractivity contribution in [3.63, 3.8) is 0 Å². The summed E-state index contributed by atoms with van der Waals surface area (Å²) in [6.45, 7) is 2.11. The van der Waals surface area contributed by atoms with Crippen LogP contribution in [0.1, 0.15) is 28.7 Å². The number of hydrogen-bond donors (Lipinski definition) is 1. The van der Waals surface area contributed by atoms with E-state index in [0.717, 1.165) is 5.56 Å². The van der Waals surface area contributed by atoms with Crippen LogP contribution in [0.3, 0.4) is 0 Å². The second-order valence-electron chi connectivity index (χ2n) is 7.64. The van der Waals surface area contributed by atoms with Gasteiger partial charge in [-0.1, -0.05) is 66.2 Å². The summed E-state index contributed by atoms with van der Waals surface area (Å²) in [6.07, 6.45) is 1.38. The number of nitrogens with zero attached hydrogens (tertiary/aromatic N) is 2. The second-order valence-corrected chi connectivity index (χ2v) is 8.00. The number of pyridine rings is 1. The molecule has 2 heterocycles. The molecule has 1 atom stereocenters. The molecule has 32 heavy (non-hydrogen) atoms. The average molecular weight is 493 g/mol. The first-order valence-corrected chi connectivity index (χ1v) is 10.5. The molecule has 2 aliphatic rings. The summed E-state index contributed by atoms with van der Waals surface area (Å²) in [5.41, 5.74) is 5.78. The van der Waals surface area contributed by atoms with Crippen LogP contribution in [-0.4, -0.2) is 42.2 Å². The molecule has 1 aromatic heterocycles. The van der Waals surface area contributed by atoms with E-state index >= 15 is 0 Å². The Morgan fingerprint density at radius 2 is 1.62 bits per heavy atom. The zero-order valence-electron chi connectivity index (χ0n) is 17.2. The first-order valence-electron chi connectivity index (χ1n) is 10.2. The summed E-state index contributed by atoms with van der Waals surface area (Å²) in [7, 11) is 0. The number of carbonyl (C=O) groups is 1. The third-order valence-electron chi connectivity index (χ3n) is 5.93. The summed E-state index contributed by atoms with van der Waals surface area (Å²) < 4.78 is 5.80. The van der Waals surface area contributed by atoms with Crippen molar-refractivity contribution in [1.82, 2.24) is 15.2 Å². The van der Waals surface area contributed by atoms with E-state index in [1.165, 1.54) is 22.3 Å². The van der Waals surface area contributed by atoms with Gasteiger partial charge in [0, 0.05) is 37.3 Å². The molecule has 1 saturated heterocycles. The lowest BCUT2D eigenvalue weighted by Crippen LogP contribution is -2.48. The summed E-state index contributed by atoms with van der Waals surface area (Å²) in [5, 5.41) is 3.87. The minimum atomic E-state index is -0.289. The van der Waals surface area contributed by atoms with Crippen LogP contribution in [0.5, 0.6) is 0 Å². The van der Waals surface area contributed by atoms with Crippen molar-refractivity contribution >= 4 is 42.5 Å². The number of halogens is 3. The highest BCUT2D eigenvalue weighted by Crippen LogP contribution is 2.44. The molecular formula is C24H24Cl3N3O2. The Morgan fingerprint density at radius 3 is 2.28 bits per heavy atom. The predicted molar refractivity (Wildman–Crippen MR) is 131 cm³/mol. The smallest absolute Gasteiger partial charge is 0.409 e. The highest BCUT2D eigenvalue weighted by atomic mass is 35.5. The average Bonchev–Trinajstić information content (AvgIpc) is 3.12. The van der Waals surface area contributed by atoms with E-state index in [9.17, 15) is 4.79 Å². The van der Waals surface area contributed by atoms with Gasteiger partial charge in [-0.05, 0) is 28.3 Å². The molecule has 0 spiro atoms. The largest absolute Gasteiger partial charge is 0.448 e. The lowest BCUT2D eigenvalue weighted by atomic mass is 9.98. The number of amides is 1. The van der Waals surface area contributed by atoms with Crippen molar-refractivity contribution in [2.75, 3.05) is 26.2 Å². The number of piperazine rings is 1. The number of nitrogens with one attached hydrogen (secondary N) is 1. The number of hydrogen-bond acceptors (Lipinski definition) is 4. The van der Waals surface area contributed by atoms with E-state index < -0.39 is 0 Å². The molecule has 1 aliphatic carbocycles. The van der Waals surface area contributed by atoms with Crippen molar-refractivity contribution in [1.29, 1.82) is 0 Å². The molecular weight excluding hydrogens is 469 g/mol. The van der Waals surface area contributed by atoms with Gasteiger partial charge in [0.05, 0.1) is 6.04 Å².